The average molecular weight is 496 g/mol. The molecule has 7 nitrogen and oxygen atoms in total. The van der Waals surface area contributed by atoms with Gasteiger partial charge in [0.1, 0.15) is 4.90 Å². The van der Waals surface area contributed by atoms with E-state index < -0.39 is 38.4 Å². The van der Waals surface area contributed by atoms with E-state index in [-0.39, 0.29) is 44.4 Å². The van der Waals surface area contributed by atoms with Crippen molar-refractivity contribution in [3.63, 3.8) is 0 Å². The monoisotopic (exact) mass is 495 g/mol. The Bertz CT molecular complexity index is 1230. The highest BCUT2D eigenvalue weighted by atomic mass is 32.2. The van der Waals surface area contributed by atoms with Crippen molar-refractivity contribution in [1.29, 1.82) is 0 Å². The summed E-state index contributed by atoms with van der Waals surface area (Å²) < 4.78 is 67.3. The minimum Gasteiger partial charge on any atom is -0.340 e. The molecule has 2 amide bonds. The van der Waals surface area contributed by atoms with Crippen molar-refractivity contribution in [1.82, 2.24) is 14.1 Å². The maximum atomic E-state index is 14.1. The van der Waals surface area contributed by atoms with Gasteiger partial charge in [0.05, 0.1) is 12.5 Å². The third kappa shape index (κ3) is 4.41. The number of hydrogen-bond acceptors (Lipinski definition) is 4. The first kappa shape index (κ1) is 24.2. The zero-order chi connectivity index (χ0) is 24.6. The van der Waals surface area contributed by atoms with Gasteiger partial charge in [0.15, 0.2) is 17.5 Å². The predicted molar refractivity (Wildman–Crippen MR) is 117 cm³/mol. The van der Waals surface area contributed by atoms with Crippen LogP contribution < -0.4 is 0 Å². The van der Waals surface area contributed by atoms with Gasteiger partial charge in [-0.1, -0.05) is 24.3 Å². The van der Waals surface area contributed by atoms with Crippen molar-refractivity contribution in [2.24, 2.45) is 0 Å². The van der Waals surface area contributed by atoms with Crippen molar-refractivity contribution in [3.8, 4) is 0 Å². The van der Waals surface area contributed by atoms with Crippen LogP contribution >= 0.6 is 0 Å². The molecule has 2 heterocycles. The fourth-order valence-corrected chi connectivity index (χ4v) is 6.05. The fourth-order valence-electron chi connectivity index (χ4n) is 4.57. The Kier molecular flexibility index (Phi) is 6.68. The number of fused-ring (bicyclic) bond motifs is 1. The standard InChI is InChI=1S/C23H24F3N3O4S/c1-15(30)29-9-8-16-4-2-3-5-17(16)19(29)14-21(31)27-10-12-28(13-11-27)34(32,33)20-7-6-18(24)22(25)23(20)26/h2-7,19H,8-14H2,1H3. The molecule has 182 valence electrons. The maximum Gasteiger partial charge on any atom is 0.246 e. The predicted octanol–water partition coefficient (Wildman–Crippen LogP) is 2.47. The van der Waals surface area contributed by atoms with Gasteiger partial charge in [-0.15, -0.1) is 0 Å². The molecule has 0 aliphatic carbocycles. The Hall–Kier alpha value is -2.92. The number of carbonyl (C=O) groups excluding carboxylic acids is 2. The molecule has 1 saturated heterocycles. The van der Waals surface area contributed by atoms with Crippen LogP contribution in [0.3, 0.4) is 0 Å². The summed E-state index contributed by atoms with van der Waals surface area (Å²) in [5, 5.41) is 0. The SMILES string of the molecule is CC(=O)N1CCc2ccccc2C1CC(=O)N1CCN(S(=O)(=O)c2ccc(F)c(F)c2F)CC1. The first-order chi connectivity index (χ1) is 16.1. The van der Waals surface area contributed by atoms with Gasteiger partial charge >= 0.3 is 0 Å². The maximum absolute atomic E-state index is 14.1. The van der Waals surface area contributed by atoms with Crippen molar-refractivity contribution >= 4 is 21.8 Å². The van der Waals surface area contributed by atoms with E-state index in [1.807, 2.05) is 24.3 Å². The lowest BCUT2D eigenvalue weighted by Gasteiger charge is -2.39. The number of amides is 2. The van der Waals surface area contributed by atoms with Crippen molar-refractivity contribution < 1.29 is 31.2 Å². The number of hydrogen-bond donors (Lipinski definition) is 0. The van der Waals surface area contributed by atoms with Gasteiger partial charge in [-0.2, -0.15) is 4.31 Å². The van der Waals surface area contributed by atoms with Gasteiger partial charge < -0.3 is 9.80 Å². The van der Waals surface area contributed by atoms with Gasteiger partial charge in [0.25, 0.3) is 0 Å². The molecule has 34 heavy (non-hydrogen) atoms. The number of halogens is 3. The molecule has 0 N–H and O–H groups in total. The van der Waals surface area contributed by atoms with Crippen LogP contribution in [-0.4, -0.2) is 67.1 Å². The van der Waals surface area contributed by atoms with Crippen molar-refractivity contribution in [2.45, 2.75) is 30.7 Å². The van der Waals surface area contributed by atoms with Crippen LogP contribution in [0.5, 0.6) is 0 Å². The lowest BCUT2D eigenvalue weighted by Crippen LogP contribution is -2.51. The molecule has 0 saturated carbocycles. The van der Waals surface area contributed by atoms with Crippen LogP contribution in [-0.2, 0) is 26.0 Å². The largest absolute Gasteiger partial charge is 0.340 e. The van der Waals surface area contributed by atoms with E-state index in [1.165, 1.54) is 11.8 Å². The number of benzene rings is 2. The lowest BCUT2D eigenvalue weighted by atomic mass is 9.90. The topological polar surface area (TPSA) is 78.0 Å². The van der Waals surface area contributed by atoms with Crippen LogP contribution in [0.15, 0.2) is 41.3 Å². The van der Waals surface area contributed by atoms with Gasteiger partial charge in [-0.3, -0.25) is 9.59 Å². The first-order valence-electron chi connectivity index (χ1n) is 10.9. The molecule has 4 rings (SSSR count). The van der Waals surface area contributed by atoms with E-state index in [1.54, 1.807) is 4.90 Å². The summed E-state index contributed by atoms with van der Waals surface area (Å²) in [6.07, 6.45) is 0.763. The van der Waals surface area contributed by atoms with Crippen molar-refractivity contribution in [3.05, 3.63) is 65.0 Å². The van der Waals surface area contributed by atoms with E-state index in [4.69, 9.17) is 0 Å². The Balaban J connectivity index is 1.46. The second-order valence-electron chi connectivity index (χ2n) is 8.34. The van der Waals surface area contributed by atoms with Crippen molar-refractivity contribution in [2.75, 3.05) is 32.7 Å². The highest BCUT2D eigenvalue weighted by Crippen LogP contribution is 2.33. The number of rotatable bonds is 4. The van der Waals surface area contributed by atoms with Crippen LogP contribution in [0.25, 0.3) is 0 Å². The van der Waals surface area contributed by atoms with Crippen LogP contribution in [0, 0.1) is 17.5 Å². The Morgan fingerprint density at radius 3 is 2.29 bits per heavy atom. The molecule has 1 unspecified atom stereocenters. The van der Waals surface area contributed by atoms with Gasteiger partial charge in [0.2, 0.25) is 21.8 Å². The molecular weight excluding hydrogens is 471 g/mol. The zero-order valence-electron chi connectivity index (χ0n) is 18.5. The van der Waals surface area contributed by atoms with Gasteiger partial charge in [-0.25, -0.2) is 21.6 Å². The van der Waals surface area contributed by atoms with E-state index in [0.29, 0.717) is 25.1 Å². The Labute approximate surface area is 195 Å². The molecule has 2 aliphatic heterocycles. The molecule has 2 aromatic carbocycles. The van der Waals surface area contributed by atoms with Crippen LogP contribution in [0.4, 0.5) is 13.2 Å². The number of piperazine rings is 1. The van der Waals surface area contributed by atoms with E-state index >= 15 is 0 Å². The first-order valence-corrected chi connectivity index (χ1v) is 12.3. The average Bonchev–Trinajstić information content (AvgIpc) is 2.82. The second-order valence-corrected chi connectivity index (χ2v) is 10.2. The molecule has 0 radical (unpaired) electrons. The highest BCUT2D eigenvalue weighted by molar-refractivity contribution is 7.89. The molecule has 2 aromatic rings. The fraction of sp³-hybridized carbons (Fsp3) is 0.391. The minimum absolute atomic E-state index is 0.0534. The molecule has 11 heteroatoms. The molecular formula is C23H24F3N3O4S. The Morgan fingerprint density at radius 1 is 0.941 bits per heavy atom. The number of carbonyl (C=O) groups is 2. The number of nitrogens with zero attached hydrogens (tertiary/aromatic N) is 3. The molecule has 0 aromatic heterocycles. The van der Waals surface area contributed by atoms with E-state index in [2.05, 4.69) is 0 Å². The second kappa shape index (κ2) is 9.38. The number of sulfonamides is 1. The quantitative estimate of drug-likeness (QED) is 0.611. The zero-order valence-corrected chi connectivity index (χ0v) is 19.3. The summed E-state index contributed by atoms with van der Waals surface area (Å²) in [6.45, 7) is 1.84. The third-order valence-corrected chi connectivity index (χ3v) is 8.31. The third-order valence-electron chi connectivity index (χ3n) is 6.39. The molecule has 2 aliphatic rings. The summed E-state index contributed by atoms with van der Waals surface area (Å²) in [6, 6.07) is 8.50. The molecule has 0 bridgehead atoms. The normalized spacial score (nSPS) is 19.1. The van der Waals surface area contributed by atoms with E-state index in [0.717, 1.165) is 15.4 Å². The summed E-state index contributed by atoms with van der Waals surface area (Å²) in [7, 11) is -4.41. The van der Waals surface area contributed by atoms with Crippen LogP contribution in [0.2, 0.25) is 0 Å². The smallest absolute Gasteiger partial charge is 0.246 e. The molecule has 0 spiro atoms. The minimum atomic E-state index is -4.41. The molecule has 1 fully saturated rings. The Morgan fingerprint density at radius 2 is 1.62 bits per heavy atom. The summed E-state index contributed by atoms with van der Waals surface area (Å²) >= 11 is 0. The highest BCUT2D eigenvalue weighted by Gasteiger charge is 2.36. The van der Waals surface area contributed by atoms with Gasteiger partial charge in [0, 0.05) is 39.6 Å². The van der Waals surface area contributed by atoms with Gasteiger partial charge in [-0.05, 0) is 29.7 Å². The van der Waals surface area contributed by atoms with Crippen LogP contribution in [0.1, 0.15) is 30.5 Å². The summed E-state index contributed by atoms with van der Waals surface area (Å²) in [5.74, 6) is -5.45. The summed E-state index contributed by atoms with van der Waals surface area (Å²) in [4.78, 5) is 27.5. The molecule has 1 atom stereocenters. The van der Waals surface area contributed by atoms with E-state index in [9.17, 15) is 31.2 Å². The summed E-state index contributed by atoms with van der Waals surface area (Å²) in [5.41, 5.74) is 2.01. The lowest BCUT2D eigenvalue weighted by molar-refractivity contribution is -0.137.